The highest BCUT2D eigenvalue weighted by atomic mass is 16.6. The maximum Gasteiger partial charge on any atom is 0.411 e. The van der Waals surface area contributed by atoms with Crippen LogP contribution in [0.4, 0.5) is 4.79 Å². The molecule has 3 aromatic rings. The Bertz CT molecular complexity index is 1110. The van der Waals surface area contributed by atoms with Gasteiger partial charge in [0.2, 0.25) is 0 Å². The van der Waals surface area contributed by atoms with E-state index in [1.165, 1.54) is 0 Å². The first-order chi connectivity index (χ1) is 15.7. The zero-order valence-electron chi connectivity index (χ0n) is 19.8. The molecule has 0 radical (unpaired) electrons. The number of cyclic esters (lactones) is 1. The normalized spacial score (nSPS) is 19.8. The maximum atomic E-state index is 13.2. The number of hydrogen-bond acceptors (Lipinski definition) is 4. The van der Waals surface area contributed by atoms with E-state index in [-0.39, 0.29) is 12.1 Å². The molecule has 4 rings (SSSR count). The summed E-state index contributed by atoms with van der Waals surface area (Å²) >= 11 is 0. The quantitative estimate of drug-likeness (QED) is 0.505. The first-order valence-electron chi connectivity index (χ1n) is 11.5. The first kappa shape index (κ1) is 23.0. The van der Waals surface area contributed by atoms with Crippen molar-refractivity contribution in [1.82, 2.24) is 9.88 Å². The minimum absolute atomic E-state index is 0.123. The minimum Gasteiger partial charge on any atom is -0.438 e. The molecular formula is C28H32N2O3. The molecule has 0 saturated carbocycles. The van der Waals surface area contributed by atoms with E-state index in [9.17, 15) is 9.90 Å². The van der Waals surface area contributed by atoms with Crippen molar-refractivity contribution in [3.63, 3.8) is 0 Å². The van der Waals surface area contributed by atoms with Crippen LogP contribution in [0.15, 0.2) is 72.9 Å². The molecule has 2 atom stereocenters. The molecule has 1 amide bonds. The Kier molecular flexibility index (Phi) is 6.26. The topological polar surface area (TPSA) is 62.7 Å². The molecule has 1 N–H and O–H groups in total. The Hall–Kier alpha value is -3.18. The fourth-order valence-electron chi connectivity index (χ4n) is 4.75. The lowest BCUT2D eigenvalue weighted by Crippen LogP contribution is -2.51. The molecule has 2 heterocycles. The lowest BCUT2D eigenvalue weighted by Gasteiger charge is -2.45. The third kappa shape index (κ3) is 5.09. The predicted molar refractivity (Wildman–Crippen MR) is 130 cm³/mol. The fraction of sp³-hybridized carbons (Fsp3) is 0.357. The molecule has 0 aliphatic carbocycles. The lowest BCUT2D eigenvalue weighted by molar-refractivity contribution is -0.101. The number of hydrogen-bond donors (Lipinski definition) is 1. The van der Waals surface area contributed by atoms with E-state index in [4.69, 9.17) is 4.74 Å². The molecule has 33 heavy (non-hydrogen) atoms. The molecule has 1 fully saturated rings. The number of aliphatic hydroxyl groups is 1. The summed E-state index contributed by atoms with van der Waals surface area (Å²) in [6, 6.07) is 22.0. The molecule has 1 saturated heterocycles. The molecular weight excluding hydrogens is 412 g/mol. The molecule has 1 aliphatic heterocycles. The Morgan fingerprint density at radius 2 is 1.79 bits per heavy atom. The fourth-order valence-corrected chi connectivity index (χ4v) is 4.75. The van der Waals surface area contributed by atoms with Gasteiger partial charge in [-0.2, -0.15) is 0 Å². The maximum absolute atomic E-state index is 13.2. The zero-order chi connectivity index (χ0) is 23.6. The van der Waals surface area contributed by atoms with Crippen molar-refractivity contribution >= 4 is 6.09 Å². The average molecular weight is 445 g/mol. The molecule has 0 spiro atoms. The first-order valence-corrected chi connectivity index (χ1v) is 11.5. The van der Waals surface area contributed by atoms with Crippen LogP contribution in [0.1, 0.15) is 56.5 Å². The summed E-state index contributed by atoms with van der Waals surface area (Å²) in [5.74, 6) is 0. The van der Waals surface area contributed by atoms with Gasteiger partial charge in [-0.3, -0.25) is 4.98 Å². The van der Waals surface area contributed by atoms with Gasteiger partial charge in [-0.1, -0.05) is 54.6 Å². The van der Waals surface area contributed by atoms with Gasteiger partial charge < -0.3 is 14.7 Å². The molecule has 172 valence electrons. The van der Waals surface area contributed by atoms with E-state index in [1.807, 2.05) is 56.4 Å². The molecule has 1 aliphatic rings. The second-order valence-electron chi connectivity index (χ2n) is 9.64. The third-order valence-electron chi connectivity index (χ3n) is 6.38. The van der Waals surface area contributed by atoms with Crippen molar-refractivity contribution in [3.8, 4) is 11.1 Å². The largest absolute Gasteiger partial charge is 0.438 e. The van der Waals surface area contributed by atoms with Crippen molar-refractivity contribution in [3.05, 3.63) is 89.7 Å². The number of carbonyl (C=O) groups excluding carboxylic acids is 1. The predicted octanol–water partition coefficient (Wildman–Crippen LogP) is 6.02. The van der Waals surface area contributed by atoms with E-state index in [1.54, 1.807) is 18.7 Å². The van der Waals surface area contributed by atoms with Crippen molar-refractivity contribution < 1.29 is 14.6 Å². The molecule has 1 aromatic heterocycles. The minimum atomic E-state index is -0.967. The smallest absolute Gasteiger partial charge is 0.411 e. The van der Waals surface area contributed by atoms with Gasteiger partial charge in [-0.05, 0) is 62.1 Å². The van der Waals surface area contributed by atoms with E-state index in [0.29, 0.717) is 19.4 Å². The second kappa shape index (κ2) is 8.99. The highest BCUT2D eigenvalue weighted by Crippen LogP contribution is 2.42. The van der Waals surface area contributed by atoms with Crippen LogP contribution in [0.2, 0.25) is 0 Å². The molecule has 1 unspecified atom stereocenters. The number of pyridine rings is 1. The van der Waals surface area contributed by atoms with Gasteiger partial charge in [0.1, 0.15) is 5.60 Å². The average Bonchev–Trinajstić information content (AvgIpc) is 2.78. The van der Waals surface area contributed by atoms with Gasteiger partial charge in [-0.25, -0.2) is 4.79 Å². The van der Waals surface area contributed by atoms with Crippen molar-refractivity contribution in [1.29, 1.82) is 0 Å². The summed E-state index contributed by atoms with van der Waals surface area (Å²) < 4.78 is 6.12. The van der Waals surface area contributed by atoms with E-state index < -0.39 is 11.2 Å². The highest BCUT2D eigenvalue weighted by molar-refractivity contribution is 5.70. The lowest BCUT2D eigenvalue weighted by atomic mass is 9.80. The van der Waals surface area contributed by atoms with Gasteiger partial charge in [0.15, 0.2) is 0 Å². The SMILES string of the molecule is Cc1cc(-c2ccc([C@H](C)N3CCC(CC(C)(C)O)(c4ccccc4)OC3=O)cc2)ccn1. The zero-order valence-corrected chi connectivity index (χ0v) is 19.8. The van der Waals surface area contributed by atoms with E-state index >= 15 is 0 Å². The summed E-state index contributed by atoms with van der Waals surface area (Å²) in [6.45, 7) is 8.07. The van der Waals surface area contributed by atoms with Crippen LogP contribution in [0.3, 0.4) is 0 Å². The van der Waals surface area contributed by atoms with Gasteiger partial charge in [0.05, 0.1) is 11.6 Å². The van der Waals surface area contributed by atoms with Crippen LogP contribution >= 0.6 is 0 Å². The number of aryl methyl sites for hydroxylation is 1. The van der Waals surface area contributed by atoms with Crippen molar-refractivity contribution in [2.75, 3.05) is 6.54 Å². The molecule has 0 bridgehead atoms. The van der Waals surface area contributed by atoms with E-state index in [0.717, 1.165) is 27.9 Å². The second-order valence-corrected chi connectivity index (χ2v) is 9.64. The van der Waals surface area contributed by atoms with Gasteiger partial charge in [-0.15, -0.1) is 0 Å². The number of amides is 1. The summed E-state index contributed by atoms with van der Waals surface area (Å²) in [5.41, 5.74) is 3.39. The number of aromatic nitrogens is 1. The Morgan fingerprint density at radius 1 is 1.09 bits per heavy atom. The standard InChI is InChI=1S/C28H32N2O3/c1-20-18-24(14-16-29-20)23-12-10-22(11-13-23)21(2)30-17-15-28(33-26(30)31,19-27(3,4)32)25-8-6-5-7-9-25/h5-14,16,18,21,32H,15,17,19H2,1-4H3/t21-,28?/m0/s1. The summed E-state index contributed by atoms with van der Waals surface area (Å²) in [7, 11) is 0. The van der Waals surface area contributed by atoms with E-state index in [2.05, 4.69) is 35.3 Å². The van der Waals surface area contributed by atoms with Crippen LogP contribution in [0, 0.1) is 6.92 Å². The van der Waals surface area contributed by atoms with Gasteiger partial charge in [0, 0.05) is 31.3 Å². The van der Waals surface area contributed by atoms with Gasteiger partial charge in [0.25, 0.3) is 0 Å². The van der Waals surface area contributed by atoms with Crippen LogP contribution in [-0.4, -0.2) is 33.2 Å². The Morgan fingerprint density at radius 3 is 2.39 bits per heavy atom. The summed E-state index contributed by atoms with van der Waals surface area (Å²) in [6.07, 6.45) is 2.43. The number of rotatable bonds is 6. The number of nitrogens with zero attached hydrogens (tertiary/aromatic N) is 2. The Labute approximate surface area is 196 Å². The third-order valence-corrected chi connectivity index (χ3v) is 6.38. The van der Waals surface area contributed by atoms with Crippen molar-refractivity contribution in [2.45, 2.75) is 57.8 Å². The summed E-state index contributed by atoms with van der Waals surface area (Å²) in [4.78, 5) is 19.3. The van der Waals surface area contributed by atoms with Crippen LogP contribution in [0.5, 0.6) is 0 Å². The summed E-state index contributed by atoms with van der Waals surface area (Å²) in [5, 5.41) is 10.6. The Balaban J connectivity index is 1.53. The molecule has 2 aromatic carbocycles. The van der Waals surface area contributed by atoms with Gasteiger partial charge >= 0.3 is 6.09 Å². The number of benzene rings is 2. The van der Waals surface area contributed by atoms with Crippen LogP contribution in [0.25, 0.3) is 11.1 Å². The molecule has 5 nitrogen and oxygen atoms in total. The van der Waals surface area contributed by atoms with Crippen molar-refractivity contribution in [2.24, 2.45) is 0 Å². The highest BCUT2D eigenvalue weighted by Gasteiger charge is 2.46. The van der Waals surface area contributed by atoms with Crippen LogP contribution in [-0.2, 0) is 10.3 Å². The molecule has 5 heteroatoms. The monoisotopic (exact) mass is 444 g/mol. The van der Waals surface area contributed by atoms with Crippen LogP contribution < -0.4 is 0 Å². The number of ether oxygens (including phenoxy) is 1. The number of carbonyl (C=O) groups is 1.